The number of rotatable bonds is 4. The molecule has 4 rings (SSSR count). The molecule has 0 amide bonds. The topological polar surface area (TPSA) is 37.8 Å². The third-order valence-electron chi connectivity index (χ3n) is 4.31. The number of aryl methyl sites for hydroxylation is 1. The Labute approximate surface area is 151 Å². The molecule has 4 heteroatoms. The first kappa shape index (κ1) is 16.2. The maximum absolute atomic E-state index is 13.8. The highest BCUT2D eigenvalue weighted by Gasteiger charge is 2.17. The predicted octanol–water partition coefficient (Wildman–Crippen LogP) is 5.28. The molecule has 0 aliphatic rings. The van der Waals surface area contributed by atoms with E-state index in [1.54, 1.807) is 18.3 Å². The number of nitrogens with zero attached hydrogens (tertiary/aromatic N) is 2. The molecule has 26 heavy (non-hydrogen) atoms. The summed E-state index contributed by atoms with van der Waals surface area (Å²) in [7, 11) is 0. The van der Waals surface area contributed by atoms with Crippen molar-refractivity contribution in [3.05, 3.63) is 102 Å². The zero-order valence-electron chi connectivity index (χ0n) is 14.4. The van der Waals surface area contributed by atoms with Crippen LogP contribution >= 0.6 is 0 Å². The van der Waals surface area contributed by atoms with Crippen LogP contribution in [0.5, 0.6) is 0 Å². The summed E-state index contributed by atoms with van der Waals surface area (Å²) in [6, 6.07) is 22.1. The van der Waals surface area contributed by atoms with Crippen LogP contribution in [0.15, 0.2) is 79.0 Å². The molecule has 1 unspecified atom stereocenters. The molecule has 1 atom stereocenters. The molecule has 3 nitrogen and oxygen atoms in total. The first-order valence-electron chi connectivity index (χ1n) is 8.50. The molecular weight excluding hydrogens is 325 g/mol. The Morgan fingerprint density at radius 2 is 1.77 bits per heavy atom. The van der Waals surface area contributed by atoms with E-state index in [4.69, 9.17) is 0 Å². The van der Waals surface area contributed by atoms with Crippen LogP contribution < -0.4 is 5.32 Å². The van der Waals surface area contributed by atoms with E-state index < -0.39 is 0 Å². The standard InChI is InChI=1S/C22H18FN3/c1-15-13-21(18-9-2-3-10-19(18)25-15)26-22(20-11-4-5-12-24-20)16-7-6-8-17(23)14-16/h2-14,22H,1H3,(H,25,26). The van der Waals surface area contributed by atoms with E-state index in [1.807, 2.05) is 61.5 Å². The van der Waals surface area contributed by atoms with Crippen molar-refractivity contribution in [2.75, 3.05) is 5.32 Å². The molecule has 0 fully saturated rings. The Bertz CT molecular complexity index is 1050. The molecular formula is C22H18FN3. The van der Waals surface area contributed by atoms with Crippen molar-refractivity contribution in [3.8, 4) is 0 Å². The number of benzene rings is 2. The molecule has 0 saturated heterocycles. The van der Waals surface area contributed by atoms with Gasteiger partial charge in [0.1, 0.15) is 5.82 Å². The monoisotopic (exact) mass is 343 g/mol. The third kappa shape index (κ3) is 3.26. The average Bonchev–Trinajstić information content (AvgIpc) is 2.66. The summed E-state index contributed by atoms with van der Waals surface area (Å²) in [6.45, 7) is 1.97. The van der Waals surface area contributed by atoms with Crippen LogP contribution in [0, 0.1) is 12.7 Å². The molecule has 0 bridgehead atoms. The van der Waals surface area contributed by atoms with Crippen LogP contribution in [0.4, 0.5) is 10.1 Å². The summed E-state index contributed by atoms with van der Waals surface area (Å²) in [4.78, 5) is 9.07. The number of fused-ring (bicyclic) bond motifs is 1. The predicted molar refractivity (Wildman–Crippen MR) is 103 cm³/mol. The fraction of sp³-hybridized carbons (Fsp3) is 0.0909. The molecule has 2 aromatic heterocycles. The van der Waals surface area contributed by atoms with Crippen molar-refractivity contribution >= 4 is 16.6 Å². The largest absolute Gasteiger partial charge is 0.372 e. The smallest absolute Gasteiger partial charge is 0.123 e. The number of para-hydroxylation sites is 1. The van der Waals surface area contributed by atoms with Gasteiger partial charge in [0.15, 0.2) is 0 Å². The summed E-state index contributed by atoms with van der Waals surface area (Å²) in [5.74, 6) is -0.263. The molecule has 128 valence electrons. The average molecular weight is 343 g/mol. The third-order valence-corrected chi connectivity index (χ3v) is 4.31. The highest BCUT2D eigenvalue weighted by Crippen LogP contribution is 2.30. The second kappa shape index (κ2) is 6.92. The van der Waals surface area contributed by atoms with Gasteiger partial charge in [0.05, 0.1) is 17.3 Å². The van der Waals surface area contributed by atoms with Crippen LogP contribution in [-0.2, 0) is 0 Å². The summed E-state index contributed by atoms with van der Waals surface area (Å²) >= 11 is 0. The van der Waals surface area contributed by atoms with Crippen LogP contribution in [0.3, 0.4) is 0 Å². The van der Waals surface area contributed by atoms with Crippen molar-refractivity contribution in [1.29, 1.82) is 0 Å². The lowest BCUT2D eigenvalue weighted by Crippen LogP contribution is -2.14. The molecule has 4 aromatic rings. The number of nitrogens with one attached hydrogen (secondary N) is 1. The molecule has 2 aromatic carbocycles. The highest BCUT2D eigenvalue weighted by atomic mass is 19.1. The fourth-order valence-corrected chi connectivity index (χ4v) is 3.14. The number of anilines is 1. The van der Waals surface area contributed by atoms with Gasteiger partial charge in [0, 0.05) is 23.0 Å². The SMILES string of the molecule is Cc1cc(NC(c2cccc(F)c2)c2ccccn2)c2ccccc2n1. The van der Waals surface area contributed by atoms with Gasteiger partial charge in [-0.3, -0.25) is 9.97 Å². The van der Waals surface area contributed by atoms with Gasteiger partial charge >= 0.3 is 0 Å². The quantitative estimate of drug-likeness (QED) is 0.548. The van der Waals surface area contributed by atoms with Gasteiger partial charge in [-0.25, -0.2) is 4.39 Å². The lowest BCUT2D eigenvalue weighted by atomic mass is 10.0. The van der Waals surface area contributed by atoms with E-state index in [0.29, 0.717) is 0 Å². The highest BCUT2D eigenvalue weighted by molar-refractivity contribution is 5.91. The van der Waals surface area contributed by atoms with Gasteiger partial charge in [-0.05, 0) is 48.9 Å². The first-order valence-corrected chi connectivity index (χ1v) is 8.50. The molecule has 0 aliphatic carbocycles. The molecule has 1 N–H and O–H groups in total. The Morgan fingerprint density at radius 3 is 2.58 bits per heavy atom. The van der Waals surface area contributed by atoms with Crippen molar-refractivity contribution < 1.29 is 4.39 Å². The van der Waals surface area contributed by atoms with Gasteiger partial charge in [-0.1, -0.05) is 36.4 Å². The maximum atomic E-state index is 13.8. The lowest BCUT2D eigenvalue weighted by molar-refractivity contribution is 0.624. The van der Waals surface area contributed by atoms with E-state index >= 15 is 0 Å². The Balaban J connectivity index is 1.84. The van der Waals surface area contributed by atoms with E-state index in [2.05, 4.69) is 15.3 Å². The Hall–Kier alpha value is -3.27. The lowest BCUT2D eigenvalue weighted by Gasteiger charge is -2.21. The van der Waals surface area contributed by atoms with Crippen molar-refractivity contribution in [2.45, 2.75) is 13.0 Å². The fourth-order valence-electron chi connectivity index (χ4n) is 3.14. The second-order valence-corrected chi connectivity index (χ2v) is 6.22. The minimum absolute atomic E-state index is 0.263. The van der Waals surface area contributed by atoms with Gasteiger partial charge in [0.2, 0.25) is 0 Å². The van der Waals surface area contributed by atoms with Crippen LogP contribution in [0.2, 0.25) is 0 Å². The zero-order chi connectivity index (χ0) is 17.9. The minimum atomic E-state index is -0.267. The molecule has 0 radical (unpaired) electrons. The van der Waals surface area contributed by atoms with Gasteiger partial charge in [0.25, 0.3) is 0 Å². The van der Waals surface area contributed by atoms with E-state index in [0.717, 1.165) is 33.5 Å². The first-order chi connectivity index (χ1) is 12.7. The number of pyridine rings is 2. The van der Waals surface area contributed by atoms with Gasteiger partial charge in [-0.2, -0.15) is 0 Å². The molecule has 0 spiro atoms. The Morgan fingerprint density at radius 1 is 0.923 bits per heavy atom. The van der Waals surface area contributed by atoms with Crippen molar-refractivity contribution in [1.82, 2.24) is 9.97 Å². The molecule has 0 saturated carbocycles. The van der Waals surface area contributed by atoms with Crippen LogP contribution in [0.1, 0.15) is 23.0 Å². The van der Waals surface area contributed by atoms with Crippen LogP contribution in [0.25, 0.3) is 10.9 Å². The van der Waals surface area contributed by atoms with E-state index in [-0.39, 0.29) is 11.9 Å². The van der Waals surface area contributed by atoms with E-state index in [9.17, 15) is 4.39 Å². The van der Waals surface area contributed by atoms with Gasteiger partial charge < -0.3 is 5.32 Å². The van der Waals surface area contributed by atoms with Crippen molar-refractivity contribution in [3.63, 3.8) is 0 Å². The normalized spacial score (nSPS) is 12.1. The van der Waals surface area contributed by atoms with Crippen molar-refractivity contribution in [2.24, 2.45) is 0 Å². The summed E-state index contributed by atoms with van der Waals surface area (Å²) in [6.07, 6.45) is 1.75. The maximum Gasteiger partial charge on any atom is 0.123 e. The van der Waals surface area contributed by atoms with Gasteiger partial charge in [-0.15, -0.1) is 0 Å². The van der Waals surface area contributed by atoms with E-state index in [1.165, 1.54) is 6.07 Å². The molecule has 0 aliphatic heterocycles. The summed E-state index contributed by atoms with van der Waals surface area (Å²) in [5.41, 5.74) is 4.45. The molecule has 2 heterocycles. The number of hydrogen-bond acceptors (Lipinski definition) is 3. The minimum Gasteiger partial charge on any atom is -0.372 e. The number of halogens is 1. The number of aromatic nitrogens is 2. The van der Waals surface area contributed by atoms with Crippen LogP contribution in [-0.4, -0.2) is 9.97 Å². The summed E-state index contributed by atoms with van der Waals surface area (Å²) in [5, 5.41) is 4.58. The summed E-state index contributed by atoms with van der Waals surface area (Å²) < 4.78 is 13.8. The second-order valence-electron chi connectivity index (χ2n) is 6.22. The Kier molecular flexibility index (Phi) is 4.32. The number of hydrogen-bond donors (Lipinski definition) is 1. The zero-order valence-corrected chi connectivity index (χ0v) is 14.4.